The van der Waals surface area contributed by atoms with Crippen LogP contribution < -0.4 is 0 Å². The maximum atomic E-state index is 12.3. The van der Waals surface area contributed by atoms with Crippen molar-refractivity contribution in [1.29, 1.82) is 0 Å². The van der Waals surface area contributed by atoms with Crippen LogP contribution in [0.25, 0.3) is 5.69 Å². The predicted molar refractivity (Wildman–Crippen MR) is 72.6 cm³/mol. The van der Waals surface area contributed by atoms with Gasteiger partial charge in [0.2, 0.25) is 0 Å². The molecule has 1 amide bonds. The molecule has 0 saturated heterocycles. The fraction of sp³-hybridized carbons (Fsp3) is 0.385. The quantitative estimate of drug-likeness (QED) is 0.728. The van der Waals surface area contributed by atoms with Gasteiger partial charge in [-0.05, 0) is 35.0 Å². The zero-order valence-electron chi connectivity index (χ0n) is 11.6. The van der Waals surface area contributed by atoms with Crippen molar-refractivity contribution >= 4 is 5.91 Å². The lowest BCUT2D eigenvalue weighted by Crippen LogP contribution is -2.28. The van der Waals surface area contributed by atoms with Crippen LogP contribution in [0.4, 0.5) is 0 Å². The van der Waals surface area contributed by atoms with Gasteiger partial charge in [-0.25, -0.2) is 4.68 Å². The molecule has 7 nitrogen and oxygen atoms in total. The van der Waals surface area contributed by atoms with Gasteiger partial charge in [-0.3, -0.25) is 4.79 Å². The van der Waals surface area contributed by atoms with E-state index in [-0.39, 0.29) is 5.91 Å². The van der Waals surface area contributed by atoms with E-state index in [1.165, 1.54) is 11.0 Å². The minimum absolute atomic E-state index is 0.0315. The largest absolute Gasteiger partial charge is 0.385 e. The molecule has 20 heavy (non-hydrogen) atoms. The van der Waals surface area contributed by atoms with Gasteiger partial charge in [0.25, 0.3) is 5.91 Å². The highest BCUT2D eigenvalue weighted by molar-refractivity contribution is 5.94. The molecule has 0 unspecified atom stereocenters. The Kier molecular flexibility index (Phi) is 4.78. The summed E-state index contributed by atoms with van der Waals surface area (Å²) < 4.78 is 6.50. The van der Waals surface area contributed by atoms with E-state index in [2.05, 4.69) is 15.5 Å². The van der Waals surface area contributed by atoms with Crippen molar-refractivity contribution in [2.75, 3.05) is 27.3 Å². The SMILES string of the molecule is COCCCN(C)C(=O)c1cccc(-n2cnnn2)c1. The van der Waals surface area contributed by atoms with Gasteiger partial charge >= 0.3 is 0 Å². The lowest BCUT2D eigenvalue weighted by Gasteiger charge is -2.17. The van der Waals surface area contributed by atoms with E-state index in [9.17, 15) is 4.79 Å². The predicted octanol–water partition coefficient (Wildman–Crippen LogP) is 0.771. The van der Waals surface area contributed by atoms with E-state index < -0.39 is 0 Å². The topological polar surface area (TPSA) is 73.1 Å². The fourth-order valence-corrected chi connectivity index (χ4v) is 1.83. The van der Waals surface area contributed by atoms with Crippen molar-refractivity contribution in [3.8, 4) is 5.69 Å². The van der Waals surface area contributed by atoms with Crippen LogP contribution in [0, 0.1) is 0 Å². The molecule has 2 rings (SSSR count). The van der Waals surface area contributed by atoms with Crippen LogP contribution in [0.5, 0.6) is 0 Å². The zero-order chi connectivity index (χ0) is 14.4. The van der Waals surface area contributed by atoms with Crippen LogP contribution in [0.3, 0.4) is 0 Å². The molecular weight excluding hydrogens is 258 g/mol. The summed E-state index contributed by atoms with van der Waals surface area (Å²) in [6.07, 6.45) is 2.30. The Hall–Kier alpha value is -2.28. The van der Waals surface area contributed by atoms with Crippen LogP contribution in [-0.2, 0) is 4.74 Å². The molecule has 1 aromatic carbocycles. The molecule has 0 saturated carbocycles. The zero-order valence-corrected chi connectivity index (χ0v) is 11.6. The van der Waals surface area contributed by atoms with Gasteiger partial charge in [0, 0.05) is 32.9 Å². The molecule has 0 bridgehead atoms. The van der Waals surface area contributed by atoms with Gasteiger partial charge in [-0.2, -0.15) is 0 Å². The third-order valence-corrected chi connectivity index (χ3v) is 2.90. The summed E-state index contributed by atoms with van der Waals surface area (Å²) in [4.78, 5) is 14.0. The number of tetrazole rings is 1. The third-order valence-electron chi connectivity index (χ3n) is 2.90. The summed E-state index contributed by atoms with van der Waals surface area (Å²) in [5.74, 6) is -0.0315. The molecule has 0 N–H and O–H groups in total. The number of hydrogen-bond acceptors (Lipinski definition) is 5. The van der Waals surface area contributed by atoms with Gasteiger partial charge in [0.05, 0.1) is 5.69 Å². The Morgan fingerprint density at radius 3 is 3.00 bits per heavy atom. The lowest BCUT2D eigenvalue weighted by atomic mass is 10.1. The highest BCUT2D eigenvalue weighted by Gasteiger charge is 2.12. The smallest absolute Gasteiger partial charge is 0.253 e. The first kappa shape index (κ1) is 14.1. The first-order chi connectivity index (χ1) is 9.72. The van der Waals surface area contributed by atoms with Gasteiger partial charge in [-0.1, -0.05) is 6.07 Å². The summed E-state index contributed by atoms with van der Waals surface area (Å²) >= 11 is 0. The second-order valence-corrected chi connectivity index (χ2v) is 4.38. The van der Waals surface area contributed by atoms with Crippen molar-refractivity contribution < 1.29 is 9.53 Å². The monoisotopic (exact) mass is 275 g/mol. The van der Waals surface area contributed by atoms with Gasteiger partial charge in [0.1, 0.15) is 6.33 Å². The minimum atomic E-state index is -0.0315. The Balaban J connectivity index is 2.08. The molecular formula is C13H17N5O2. The van der Waals surface area contributed by atoms with E-state index in [0.717, 1.165) is 12.1 Å². The molecule has 0 atom stereocenters. The highest BCUT2D eigenvalue weighted by atomic mass is 16.5. The van der Waals surface area contributed by atoms with Crippen molar-refractivity contribution in [3.05, 3.63) is 36.2 Å². The third kappa shape index (κ3) is 3.39. The summed E-state index contributed by atoms with van der Waals surface area (Å²) in [6.45, 7) is 1.30. The normalized spacial score (nSPS) is 10.5. The van der Waals surface area contributed by atoms with Crippen LogP contribution in [0.1, 0.15) is 16.8 Å². The van der Waals surface area contributed by atoms with Crippen molar-refractivity contribution in [2.45, 2.75) is 6.42 Å². The highest BCUT2D eigenvalue weighted by Crippen LogP contribution is 2.10. The molecule has 0 aliphatic heterocycles. The number of ether oxygens (including phenoxy) is 1. The van der Waals surface area contributed by atoms with Crippen molar-refractivity contribution in [2.24, 2.45) is 0 Å². The Labute approximate surface area is 117 Å². The molecule has 106 valence electrons. The molecule has 0 fully saturated rings. The molecule has 7 heteroatoms. The minimum Gasteiger partial charge on any atom is -0.385 e. The van der Waals surface area contributed by atoms with E-state index in [1.807, 2.05) is 12.1 Å². The first-order valence-electron chi connectivity index (χ1n) is 6.30. The average molecular weight is 275 g/mol. The van der Waals surface area contributed by atoms with E-state index in [0.29, 0.717) is 18.7 Å². The summed E-state index contributed by atoms with van der Waals surface area (Å²) in [6, 6.07) is 7.21. The molecule has 0 radical (unpaired) electrons. The van der Waals surface area contributed by atoms with Crippen LogP contribution >= 0.6 is 0 Å². The molecule has 1 heterocycles. The van der Waals surface area contributed by atoms with E-state index in [1.54, 1.807) is 31.2 Å². The molecule has 0 spiro atoms. The van der Waals surface area contributed by atoms with Crippen LogP contribution in [0.2, 0.25) is 0 Å². The maximum Gasteiger partial charge on any atom is 0.253 e. The number of methoxy groups -OCH3 is 1. The number of benzene rings is 1. The number of amides is 1. The Bertz CT molecular complexity index is 556. The number of carbonyl (C=O) groups excluding carboxylic acids is 1. The van der Waals surface area contributed by atoms with E-state index >= 15 is 0 Å². The molecule has 0 aliphatic rings. The lowest BCUT2D eigenvalue weighted by molar-refractivity contribution is 0.0779. The van der Waals surface area contributed by atoms with Crippen molar-refractivity contribution in [3.63, 3.8) is 0 Å². The maximum absolute atomic E-state index is 12.3. The summed E-state index contributed by atoms with van der Waals surface area (Å²) in [5, 5.41) is 11.0. The standard InChI is InChI=1S/C13H17N5O2/c1-17(7-4-8-20-2)13(19)11-5-3-6-12(9-11)18-10-14-15-16-18/h3,5-6,9-10H,4,7-8H2,1-2H3. The summed E-state index contributed by atoms with van der Waals surface area (Å²) in [7, 11) is 3.43. The average Bonchev–Trinajstić information content (AvgIpc) is 3.01. The molecule has 2 aromatic rings. The Morgan fingerprint density at radius 2 is 2.30 bits per heavy atom. The second kappa shape index (κ2) is 6.76. The van der Waals surface area contributed by atoms with Crippen molar-refractivity contribution in [1.82, 2.24) is 25.1 Å². The van der Waals surface area contributed by atoms with E-state index in [4.69, 9.17) is 4.74 Å². The first-order valence-corrected chi connectivity index (χ1v) is 6.30. The summed E-state index contributed by atoms with van der Waals surface area (Å²) in [5.41, 5.74) is 1.36. The number of aromatic nitrogens is 4. The number of nitrogens with zero attached hydrogens (tertiary/aromatic N) is 5. The number of hydrogen-bond donors (Lipinski definition) is 0. The van der Waals surface area contributed by atoms with Gasteiger partial charge in [-0.15, -0.1) is 5.10 Å². The second-order valence-electron chi connectivity index (χ2n) is 4.38. The van der Waals surface area contributed by atoms with Crippen LogP contribution in [-0.4, -0.2) is 58.3 Å². The van der Waals surface area contributed by atoms with Gasteiger partial charge in [0.15, 0.2) is 0 Å². The number of rotatable bonds is 6. The Morgan fingerprint density at radius 1 is 1.45 bits per heavy atom. The number of carbonyl (C=O) groups is 1. The van der Waals surface area contributed by atoms with Gasteiger partial charge < -0.3 is 9.64 Å². The molecule has 0 aliphatic carbocycles. The fourth-order valence-electron chi connectivity index (χ4n) is 1.83. The van der Waals surface area contributed by atoms with Crippen LogP contribution in [0.15, 0.2) is 30.6 Å². The molecule has 1 aromatic heterocycles.